The second kappa shape index (κ2) is 10.4. The smallest absolute Gasteiger partial charge is 0.291 e. The van der Waals surface area contributed by atoms with Crippen LogP contribution in [0.15, 0.2) is 40.8 Å². The molecule has 0 bridgehead atoms. The van der Waals surface area contributed by atoms with E-state index in [1.165, 1.54) is 12.1 Å². The van der Waals surface area contributed by atoms with Gasteiger partial charge in [0.25, 0.3) is 18.8 Å². The highest BCUT2D eigenvalue weighted by Crippen LogP contribution is 2.35. The van der Waals surface area contributed by atoms with Crippen LogP contribution in [0.25, 0.3) is 0 Å². The number of aryl methyl sites for hydroxylation is 1. The molecule has 13 heteroatoms. The Morgan fingerprint density at radius 1 is 0.972 bits per heavy atom. The predicted molar refractivity (Wildman–Crippen MR) is 125 cm³/mol. The van der Waals surface area contributed by atoms with Crippen molar-refractivity contribution in [1.82, 2.24) is 19.6 Å². The molecule has 36 heavy (non-hydrogen) atoms. The maximum absolute atomic E-state index is 13.4. The highest BCUT2D eigenvalue weighted by atomic mass is 35.5. The van der Waals surface area contributed by atoms with Gasteiger partial charge in [-0.1, -0.05) is 35.3 Å². The van der Waals surface area contributed by atoms with Crippen LogP contribution >= 0.6 is 23.2 Å². The van der Waals surface area contributed by atoms with Crippen LogP contribution in [0.2, 0.25) is 10.0 Å². The number of nitrogens with zero attached hydrogens (tertiary/aromatic N) is 4. The number of halogens is 6. The number of furan rings is 1. The monoisotopic (exact) mass is 543 g/mol. The fourth-order valence-electron chi connectivity index (χ4n) is 3.64. The van der Waals surface area contributed by atoms with Crippen molar-refractivity contribution in [1.29, 1.82) is 0 Å². The van der Waals surface area contributed by atoms with E-state index in [0.717, 1.165) is 5.56 Å². The van der Waals surface area contributed by atoms with E-state index in [-0.39, 0.29) is 11.5 Å². The molecule has 0 aliphatic heterocycles. The third-order valence-electron chi connectivity index (χ3n) is 5.43. The molecule has 0 unspecified atom stereocenters. The molecular weight excluding hydrogens is 525 g/mol. The average molecular weight is 544 g/mol. The number of hydrogen-bond acceptors (Lipinski definition) is 4. The summed E-state index contributed by atoms with van der Waals surface area (Å²) in [5.41, 5.74) is 0.943. The molecule has 0 spiro atoms. The van der Waals surface area contributed by atoms with E-state index in [9.17, 15) is 22.4 Å². The van der Waals surface area contributed by atoms with Crippen molar-refractivity contribution in [3.8, 4) is 0 Å². The van der Waals surface area contributed by atoms with Crippen LogP contribution in [0.4, 0.5) is 23.2 Å². The first kappa shape index (κ1) is 25.8. The van der Waals surface area contributed by atoms with E-state index in [2.05, 4.69) is 15.5 Å². The predicted octanol–water partition coefficient (Wildman–Crippen LogP) is 6.82. The topological polar surface area (TPSA) is 77.9 Å². The molecule has 0 radical (unpaired) electrons. The van der Waals surface area contributed by atoms with Gasteiger partial charge in [-0.3, -0.25) is 14.2 Å². The van der Waals surface area contributed by atoms with Gasteiger partial charge < -0.3 is 9.73 Å². The van der Waals surface area contributed by atoms with Gasteiger partial charge in [-0.25, -0.2) is 17.6 Å². The number of benzene rings is 1. The number of aromatic nitrogens is 4. The Morgan fingerprint density at radius 3 is 2.31 bits per heavy atom. The van der Waals surface area contributed by atoms with Crippen LogP contribution in [0.5, 0.6) is 0 Å². The molecule has 0 saturated carbocycles. The summed E-state index contributed by atoms with van der Waals surface area (Å²) in [7, 11) is 0. The minimum Gasteiger partial charge on any atom is -0.454 e. The molecule has 3 heterocycles. The van der Waals surface area contributed by atoms with Gasteiger partial charge in [0.15, 0.2) is 5.76 Å². The SMILES string of the molecule is Cc1nn(Cc2ccc(Cl)cc2)c(C)c1NC(=O)c1ccc(Cn2nc(C(F)F)c(Cl)c2C(F)F)o1. The maximum Gasteiger partial charge on any atom is 0.291 e. The van der Waals surface area contributed by atoms with Gasteiger partial charge in [0, 0.05) is 5.02 Å². The number of carbonyl (C=O) groups is 1. The van der Waals surface area contributed by atoms with Crippen molar-refractivity contribution in [2.45, 2.75) is 39.8 Å². The number of rotatable bonds is 8. The molecule has 0 saturated heterocycles. The molecule has 0 atom stereocenters. The summed E-state index contributed by atoms with van der Waals surface area (Å²) < 4.78 is 60.7. The zero-order valence-electron chi connectivity index (χ0n) is 18.9. The zero-order chi connectivity index (χ0) is 26.1. The summed E-state index contributed by atoms with van der Waals surface area (Å²) in [5.74, 6) is -0.659. The molecule has 7 nitrogen and oxygen atoms in total. The fraction of sp³-hybridized carbons (Fsp3) is 0.261. The second-order valence-electron chi connectivity index (χ2n) is 7.89. The summed E-state index contributed by atoms with van der Waals surface area (Å²) in [6.45, 7) is 3.58. The number of amides is 1. The third-order valence-corrected chi connectivity index (χ3v) is 6.07. The van der Waals surface area contributed by atoms with Crippen LogP contribution in [-0.2, 0) is 13.1 Å². The zero-order valence-corrected chi connectivity index (χ0v) is 20.4. The van der Waals surface area contributed by atoms with E-state index in [4.69, 9.17) is 27.6 Å². The van der Waals surface area contributed by atoms with Crippen LogP contribution in [0, 0.1) is 13.8 Å². The molecule has 190 valence electrons. The van der Waals surface area contributed by atoms with E-state index in [0.29, 0.717) is 33.3 Å². The van der Waals surface area contributed by atoms with Crippen LogP contribution in [0.3, 0.4) is 0 Å². The minimum absolute atomic E-state index is 0.0499. The van der Waals surface area contributed by atoms with Crippen molar-refractivity contribution in [2.75, 3.05) is 5.32 Å². The third kappa shape index (κ3) is 5.26. The molecule has 0 fully saturated rings. The second-order valence-corrected chi connectivity index (χ2v) is 8.71. The first-order chi connectivity index (χ1) is 17.0. The molecule has 0 aliphatic rings. The molecule has 4 rings (SSSR count). The Kier molecular flexibility index (Phi) is 7.41. The van der Waals surface area contributed by atoms with Gasteiger partial charge >= 0.3 is 0 Å². The van der Waals surface area contributed by atoms with Crippen LogP contribution in [0.1, 0.15) is 57.5 Å². The first-order valence-corrected chi connectivity index (χ1v) is 11.3. The lowest BCUT2D eigenvalue weighted by molar-refractivity contribution is 0.0993. The summed E-state index contributed by atoms with van der Waals surface area (Å²) in [6, 6.07) is 10.0. The quantitative estimate of drug-likeness (QED) is 0.247. The normalized spacial score (nSPS) is 11.6. The number of alkyl halides is 4. The van der Waals surface area contributed by atoms with E-state index >= 15 is 0 Å². The van der Waals surface area contributed by atoms with Crippen molar-refractivity contribution < 1.29 is 26.8 Å². The Balaban J connectivity index is 1.50. The lowest BCUT2D eigenvalue weighted by Crippen LogP contribution is -2.13. The van der Waals surface area contributed by atoms with Gasteiger partial charge in [-0.05, 0) is 43.7 Å². The lowest BCUT2D eigenvalue weighted by atomic mass is 10.2. The average Bonchev–Trinajstić information content (AvgIpc) is 3.48. The molecule has 1 N–H and O–H groups in total. The standard InChI is InChI=1S/C23H19Cl2F4N5O2/c1-11-18(12(2)33(31-11)9-13-3-5-14(24)6-4-13)30-23(35)16-8-7-15(36-16)10-34-20(22(28)29)17(25)19(32-34)21(26)27/h3-8,21-22H,9-10H2,1-2H3,(H,30,35). The van der Waals surface area contributed by atoms with Gasteiger partial charge in [0.2, 0.25) is 0 Å². The summed E-state index contributed by atoms with van der Waals surface area (Å²) in [6.07, 6.45) is -6.26. The fourth-order valence-corrected chi connectivity index (χ4v) is 4.07. The molecule has 0 aliphatic carbocycles. The Morgan fingerprint density at radius 2 is 1.67 bits per heavy atom. The summed E-state index contributed by atoms with van der Waals surface area (Å²) in [4.78, 5) is 12.8. The Hall–Kier alpha value is -3.31. The van der Waals surface area contributed by atoms with Crippen molar-refractivity contribution in [3.63, 3.8) is 0 Å². The first-order valence-electron chi connectivity index (χ1n) is 10.6. The van der Waals surface area contributed by atoms with E-state index in [1.807, 2.05) is 12.1 Å². The van der Waals surface area contributed by atoms with Crippen LogP contribution in [-0.4, -0.2) is 25.5 Å². The summed E-state index contributed by atoms with van der Waals surface area (Å²) >= 11 is 11.6. The largest absolute Gasteiger partial charge is 0.454 e. The van der Waals surface area contributed by atoms with Gasteiger partial charge in [0.05, 0.1) is 35.2 Å². The Labute approximate surface area is 212 Å². The highest BCUT2D eigenvalue weighted by Gasteiger charge is 2.28. The number of carbonyl (C=O) groups excluding carboxylic acids is 1. The van der Waals surface area contributed by atoms with Gasteiger partial charge in [-0.15, -0.1) is 0 Å². The van der Waals surface area contributed by atoms with Crippen molar-refractivity contribution >= 4 is 34.8 Å². The van der Waals surface area contributed by atoms with Crippen molar-refractivity contribution in [3.05, 3.63) is 86.3 Å². The van der Waals surface area contributed by atoms with E-state index < -0.39 is 41.7 Å². The van der Waals surface area contributed by atoms with E-state index in [1.54, 1.807) is 30.7 Å². The number of hydrogen-bond donors (Lipinski definition) is 1. The molecule has 1 amide bonds. The van der Waals surface area contributed by atoms with Gasteiger partial charge in [-0.2, -0.15) is 10.2 Å². The molecule has 1 aromatic carbocycles. The highest BCUT2D eigenvalue weighted by molar-refractivity contribution is 6.32. The number of nitrogens with one attached hydrogen (secondary N) is 1. The lowest BCUT2D eigenvalue weighted by Gasteiger charge is -2.07. The molecule has 4 aromatic rings. The minimum atomic E-state index is -3.13. The Bertz CT molecular complexity index is 1400. The maximum atomic E-state index is 13.4. The molecular formula is C23H19Cl2F4N5O2. The van der Waals surface area contributed by atoms with Crippen molar-refractivity contribution in [2.24, 2.45) is 0 Å². The summed E-state index contributed by atoms with van der Waals surface area (Å²) in [5, 5.41) is 10.5. The van der Waals surface area contributed by atoms with Gasteiger partial charge in [0.1, 0.15) is 17.1 Å². The number of anilines is 1. The molecule has 3 aromatic heterocycles. The van der Waals surface area contributed by atoms with Crippen LogP contribution < -0.4 is 5.32 Å².